The summed E-state index contributed by atoms with van der Waals surface area (Å²) in [5.41, 5.74) is 7.00. The molecule has 3 N–H and O–H groups in total. The Labute approximate surface area is 120 Å². The Morgan fingerprint density at radius 3 is 2.65 bits per heavy atom. The van der Waals surface area contributed by atoms with Crippen molar-refractivity contribution in [1.82, 2.24) is 9.80 Å². The molecular formula is C15H23N3O2. The van der Waals surface area contributed by atoms with E-state index in [1.165, 1.54) is 0 Å². The van der Waals surface area contributed by atoms with Crippen molar-refractivity contribution >= 4 is 5.91 Å². The summed E-state index contributed by atoms with van der Waals surface area (Å²) in [6, 6.07) is 6.33. The predicted octanol–water partition coefficient (Wildman–Crippen LogP) is 0.426. The summed E-state index contributed by atoms with van der Waals surface area (Å²) in [4.78, 5) is 16.5. The van der Waals surface area contributed by atoms with E-state index in [9.17, 15) is 9.90 Å². The first-order valence-electron chi connectivity index (χ1n) is 7.07. The first-order valence-corrected chi connectivity index (χ1v) is 7.07. The third-order valence-corrected chi connectivity index (χ3v) is 3.74. The number of likely N-dealkylation sites (N-methyl/N-ethyl adjacent to an activating group) is 1. The van der Waals surface area contributed by atoms with Crippen molar-refractivity contribution in [2.45, 2.75) is 18.9 Å². The fourth-order valence-electron chi connectivity index (χ4n) is 2.47. The molecule has 0 aliphatic carbocycles. The lowest BCUT2D eigenvalue weighted by atomic mass is 10.1. The lowest BCUT2D eigenvalue weighted by Crippen LogP contribution is -2.46. The van der Waals surface area contributed by atoms with Gasteiger partial charge in [0.2, 0.25) is 5.91 Å². The highest BCUT2D eigenvalue weighted by atomic mass is 16.3. The van der Waals surface area contributed by atoms with Crippen LogP contribution in [0.5, 0.6) is 5.75 Å². The van der Waals surface area contributed by atoms with Crippen molar-refractivity contribution in [3.63, 3.8) is 0 Å². The van der Waals surface area contributed by atoms with E-state index < -0.39 is 6.04 Å². The van der Waals surface area contributed by atoms with Gasteiger partial charge in [-0.1, -0.05) is 12.1 Å². The molecule has 1 saturated heterocycles. The van der Waals surface area contributed by atoms with E-state index in [1.54, 1.807) is 24.3 Å². The molecule has 0 bridgehead atoms. The zero-order valence-electron chi connectivity index (χ0n) is 12.0. The van der Waals surface area contributed by atoms with E-state index in [4.69, 9.17) is 5.73 Å². The molecule has 1 fully saturated rings. The zero-order chi connectivity index (χ0) is 14.5. The first kappa shape index (κ1) is 14.8. The minimum atomic E-state index is -0.511. The molecule has 0 spiro atoms. The molecule has 2 rings (SSSR count). The summed E-state index contributed by atoms with van der Waals surface area (Å²) in [5.74, 6) is 0.248. The van der Waals surface area contributed by atoms with E-state index >= 15 is 0 Å². The second-order valence-corrected chi connectivity index (χ2v) is 5.46. The number of carbonyl (C=O) groups excluding carboxylic acids is 1. The molecule has 1 aromatic carbocycles. The molecule has 5 nitrogen and oxygen atoms in total. The van der Waals surface area contributed by atoms with Gasteiger partial charge in [-0.25, -0.2) is 0 Å². The Kier molecular flexibility index (Phi) is 4.98. The summed E-state index contributed by atoms with van der Waals surface area (Å²) in [6.45, 7) is 3.46. The Bertz CT molecular complexity index is 447. The summed E-state index contributed by atoms with van der Waals surface area (Å²) in [6.07, 6.45) is 1.50. The maximum atomic E-state index is 12.4. The number of benzene rings is 1. The van der Waals surface area contributed by atoms with Gasteiger partial charge in [0.25, 0.3) is 0 Å². The van der Waals surface area contributed by atoms with E-state index in [1.807, 2.05) is 4.90 Å². The van der Waals surface area contributed by atoms with Gasteiger partial charge >= 0.3 is 0 Å². The molecule has 1 heterocycles. The first-order chi connectivity index (χ1) is 9.56. The third-order valence-electron chi connectivity index (χ3n) is 3.74. The molecule has 1 aliphatic heterocycles. The van der Waals surface area contributed by atoms with Gasteiger partial charge in [-0.05, 0) is 44.1 Å². The van der Waals surface area contributed by atoms with Crippen molar-refractivity contribution in [2.24, 2.45) is 5.73 Å². The van der Waals surface area contributed by atoms with Crippen molar-refractivity contribution in [2.75, 3.05) is 33.2 Å². The second kappa shape index (κ2) is 6.72. The number of phenolic OH excluding ortho intramolecular Hbond substituents is 1. The van der Waals surface area contributed by atoms with E-state index in [0.717, 1.165) is 38.2 Å². The van der Waals surface area contributed by atoms with Gasteiger partial charge in [-0.3, -0.25) is 4.79 Å². The number of amides is 1. The maximum absolute atomic E-state index is 12.4. The van der Waals surface area contributed by atoms with Crippen molar-refractivity contribution in [3.05, 3.63) is 29.8 Å². The Balaban J connectivity index is 1.92. The van der Waals surface area contributed by atoms with Crippen LogP contribution in [0.3, 0.4) is 0 Å². The van der Waals surface area contributed by atoms with Crippen LogP contribution in [0.25, 0.3) is 0 Å². The fourth-order valence-corrected chi connectivity index (χ4v) is 2.47. The standard InChI is InChI=1S/C15H23N3O2/c1-17-7-2-8-18(10-9-17)15(20)14(16)11-12-3-5-13(19)6-4-12/h3-6,14,19H,2,7-11,16H2,1H3/t14-/m0/s1. The van der Waals surface area contributed by atoms with Crippen molar-refractivity contribution < 1.29 is 9.90 Å². The van der Waals surface area contributed by atoms with E-state index in [0.29, 0.717) is 6.42 Å². The lowest BCUT2D eigenvalue weighted by molar-refractivity contribution is -0.132. The summed E-state index contributed by atoms with van der Waals surface area (Å²) in [5, 5.41) is 9.25. The molecule has 1 atom stereocenters. The monoisotopic (exact) mass is 277 g/mol. The fraction of sp³-hybridized carbons (Fsp3) is 0.533. The minimum absolute atomic E-state index is 0.0216. The average molecular weight is 277 g/mol. The number of aromatic hydroxyl groups is 1. The largest absolute Gasteiger partial charge is 0.508 e. The number of carbonyl (C=O) groups is 1. The molecule has 0 aromatic heterocycles. The quantitative estimate of drug-likeness (QED) is 0.840. The van der Waals surface area contributed by atoms with Crippen LogP contribution >= 0.6 is 0 Å². The number of nitrogens with zero attached hydrogens (tertiary/aromatic N) is 2. The van der Waals surface area contributed by atoms with Crippen LogP contribution in [0.1, 0.15) is 12.0 Å². The van der Waals surface area contributed by atoms with Crippen molar-refractivity contribution in [1.29, 1.82) is 0 Å². The van der Waals surface area contributed by atoms with E-state index in [2.05, 4.69) is 11.9 Å². The normalized spacial score (nSPS) is 18.6. The highest BCUT2D eigenvalue weighted by Crippen LogP contribution is 2.12. The van der Waals surface area contributed by atoms with Crippen LogP contribution in [-0.2, 0) is 11.2 Å². The molecule has 1 aliphatic rings. The summed E-state index contributed by atoms with van der Waals surface area (Å²) in [7, 11) is 2.07. The Hall–Kier alpha value is -1.59. The predicted molar refractivity (Wildman–Crippen MR) is 78.5 cm³/mol. The highest BCUT2D eigenvalue weighted by molar-refractivity contribution is 5.82. The van der Waals surface area contributed by atoms with Gasteiger partial charge in [0.1, 0.15) is 5.75 Å². The van der Waals surface area contributed by atoms with Crippen LogP contribution in [0.4, 0.5) is 0 Å². The highest BCUT2D eigenvalue weighted by Gasteiger charge is 2.22. The summed E-state index contributed by atoms with van der Waals surface area (Å²) >= 11 is 0. The van der Waals surface area contributed by atoms with Gasteiger partial charge in [0.05, 0.1) is 6.04 Å². The summed E-state index contributed by atoms with van der Waals surface area (Å²) < 4.78 is 0. The number of hydrogen-bond acceptors (Lipinski definition) is 4. The van der Waals surface area contributed by atoms with Gasteiger partial charge < -0.3 is 20.6 Å². The van der Waals surface area contributed by atoms with Crippen LogP contribution in [0.2, 0.25) is 0 Å². The van der Waals surface area contributed by atoms with Gasteiger partial charge in [-0.15, -0.1) is 0 Å². The second-order valence-electron chi connectivity index (χ2n) is 5.46. The smallest absolute Gasteiger partial charge is 0.239 e. The van der Waals surface area contributed by atoms with Crippen LogP contribution in [0.15, 0.2) is 24.3 Å². The lowest BCUT2D eigenvalue weighted by Gasteiger charge is -2.24. The molecule has 1 amide bonds. The van der Waals surface area contributed by atoms with Gasteiger partial charge in [0, 0.05) is 19.6 Å². The SMILES string of the molecule is CN1CCCN(C(=O)[C@@H](N)Cc2ccc(O)cc2)CC1. The molecule has 1 aromatic rings. The van der Waals surface area contributed by atoms with E-state index in [-0.39, 0.29) is 11.7 Å². The van der Waals surface area contributed by atoms with Gasteiger partial charge in [-0.2, -0.15) is 0 Å². The Morgan fingerprint density at radius 1 is 1.25 bits per heavy atom. The molecule has 20 heavy (non-hydrogen) atoms. The number of hydrogen-bond donors (Lipinski definition) is 2. The molecule has 0 radical (unpaired) electrons. The molecule has 0 saturated carbocycles. The topological polar surface area (TPSA) is 69.8 Å². The number of phenols is 1. The van der Waals surface area contributed by atoms with Gasteiger partial charge in [0.15, 0.2) is 0 Å². The number of nitrogens with two attached hydrogens (primary N) is 1. The molecule has 5 heteroatoms. The average Bonchev–Trinajstić information content (AvgIpc) is 2.65. The Morgan fingerprint density at radius 2 is 1.95 bits per heavy atom. The van der Waals surface area contributed by atoms with Crippen molar-refractivity contribution in [3.8, 4) is 5.75 Å². The minimum Gasteiger partial charge on any atom is -0.508 e. The number of rotatable bonds is 3. The molecular weight excluding hydrogens is 254 g/mol. The molecule has 110 valence electrons. The zero-order valence-corrected chi connectivity index (χ0v) is 12.0. The van der Waals surface area contributed by atoms with Crippen LogP contribution in [0, 0.1) is 0 Å². The van der Waals surface area contributed by atoms with Crippen LogP contribution in [-0.4, -0.2) is 60.1 Å². The molecule has 0 unspecified atom stereocenters. The maximum Gasteiger partial charge on any atom is 0.239 e. The van der Waals surface area contributed by atoms with Crippen LogP contribution < -0.4 is 5.73 Å². The third kappa shape index (κ3) is 3.95.